The largest absolute Gasteiger partial charge is 0.356 e. The lowest BCUT2D eigenvalue weighted by Gasteiger charge is -2.14. The van der Waals surface area contributed by atoms with Crippen molar-refractivity contribution in [1.82, 2.24) is 19.1 Å². The van der Waals surface area contributed by atoms with Crippen molar-refractivity contribution in [2.24, 2.45) is 0 Å². The second kappa shape index (κ2) is 11.7. The van der Waals surface area contributed by atoms with Gasteiger partial charge in [0.25, 0.3) is 0 Å². The monoisotopic (exact) mass is 626 g/mol. The highest BCUT2D eigenvalue weighted by Gasteiger charge is 2.21. The standard InChI is InChI=1S/C27H24Br2N4O2S/c1-36-27-31-22-12-13-30-24(25(22)33(27)18-35-16-20-10-6-3-7-11-20)23-14-21(28)26(29)32(23)17-34-15-19-8-4-2-5-9-19/h2-14H,15-18H2,1H3. The Morgan fingerprint density at radius 1 is 0.833 bits per heavy atom. The number of nitrogens with zero attached hydrogens (tertiary/aromatic N) is 4. The lowest BCUT2D eigenvalue weighted by molar-refractivity contribution is 0.0612. The van der Waals surface area contributed by atoms with Gasteiger partial charge in [0.05, 0.1) is 34.4 Å². The third kappa shape index (κ3) is 5.45. The first-order chi connectivity index (χ1) is 17.7. The molecule has 0 saturated heterocycles. The maximum atomic E-state index is 6.11. The fourth-order valence-corrected chi connectivity index (χ4v) is 5.39. The van der Waals surface area contributed by atoms with Gasteiger partial charge < -0.3 is 14.0 Å². The molecule has 6 nitrogen and oxygen atoms in total. The van der Waals surface area contributed by atoms with Crippen LogP contribution in [0.5, 0.6) is 0 Å². The minimum absolute atomic E-state index is 0.364. The molecule has 0 atom stereocenters. The van der Waals surface area contributed by atoms with Gasteiger partial charge in [-0.25, -0.2) is 4.98 Å². The van der Waals surface area contributed by atoms with Gasteiger partial charge in [0.15, 0.2) is 5.16 Å². The van der Waals surface area contributed by atoms with E-state index >= 15 is 0 Å². The molecule has 2 aromatic carbocycles. The number of thioether (sulfide) groups is 1. The summed E-state index contributed by atoms with van der Waals surface area (Å²) in [5, 5.41) is 0.879. The van der Waals surface area contributed by atoms with Crippen molar-refractivity contribution in [3.63, 3.8) is 0 Å². The van der Waals surface area contributed by atoms with E-state index in [9.17, 15) is 0 Å². The van der Waals surface area contributed by atoms with Crippen LogP contribution in [0.2, 0.25) is 0 Å². The molecular formula is C27H24Br2N4O2S. The van der Waals surface area contributed by atoms with E-state index in [2.05, 4.69) is 71.3 Å². The number of ether oxygens (including phenoxy) is 2. The Hall–Kier alpha value is -2.43. The molecule has 0 aliphatic heterocycles. The van der Waals surface area contributed by atoms with Crippen molar-refractivity contribution in [3.05, 3.63) is 99.2 Å². The van der Waals surface area contributed by atoms with Crippen molar-refractivity contribution in [1.29, 1.82) is 0 Å². The van der Waals surface area contributed by atoms with E-state index < -0.39 is 0 Å². The molecule has 0 fully saturated rings. The lowest BCUT2D eigenvalue weighted by Crippen LogP contribution is -2.08. The van der Waals surface area contributed by atoms with Crippen molar-refractivity contribution < 1.29 is 9.47 Å². The molecule has 5 rings (SSSR count). The van der Waals surface area contributed by atoms with E-state index in [-0.39, 0.29) is 0 Å². The van der Waals surface area contributed by atoms with Gasteiger partial charge in [-0.2, -0.15) is 0 Å². The van der Waals surface area contributed by atoms with Gasteiger partial charge in [0.2, 0.25) is 0 Å². The molecule has 0 N–H and O–H groups in total. The zero-order chi connectivity index (χ0) is 24.9. The first kappa shape index (κ1) is 25.2. The van der Waals surface area contributed by atoms with Crippen LogP contribution >= 0.6 is 43.6 Å². The van der Waals surface area contributed by atoms with E-state index in [1.165, 1.54) is 0 Å². The van der Waals surface area contributed by atoms with Crippen LogP contribution in [-0.4, -0.2) is 25.4 Å². The Labute approximate surface area is 230 Å². The zero-order valence-electron chi connectivity index (χ0n) is 19.6. The van der Waals surface area contributed by atoms with Crippen molar-refractivity contribution in [3.8, 4) is 11.4 Å². The molecule has 0 aliphatic rings. The second-order valence-corrected chi connectivity index (χ2v) is 10.5. The topological polar surface area (TPSA) is 54.1 Å². The van der Waals surface area contributed by atoms with Gasteiger partial charge in [-0.05, 0) is 61.4 Å². The number of imidazole rings is 1. The zero-order valence-corrected chi connectivity index (χ0v) is 23.6. The highest BCUT2D eigenvalue weighted by Crippen LogP contribution is 2.36. The average molecular weight is 628 g/mol. The van der Waals surface area contributed by atoms with E-state index in [4.69, 9.17) is 19.4 Å². The van der Waals surface area contributed by atoms with Gasteiger partial charge in [-0.1, -0.05) is 72.4 Å². The Kier molecular flexibility index (Phi) is 8.23. The highest BCUT2D eigenvalue weighted by molar-refractivity contribution is 9.13. The highest BCUT2D eigenvalue weighted by atomic mass is 79.9. The molecule has 0 amide bonds. The number of aromatic nitrogens is 4. The van der Waals surface area contributed by atoms with E-state index in [1.807, 2.05) is 48.7 Å². The van der Waals surface area contributed by atoms with Gasteiger partial charge >= 0.3 is 0 Å². The van der Waals surface area contributed by atoms with Crippen LogP contribution in [0, 0.1) is 0 Å². The predicted octanol–water partition coefficient (Wildman–Crippen LogP) is 7.50. The molecule has 3 heterocycles. The molecular weight excluding hydrogens is 604 g/mol. The van der Waals surface area contributed by atoms with Gasteiger partial charge in [0.1, 0.15) is 23.8 Å². The van der Waals surface area contributed by atoms with Crippen LogP contribution in [-0.2, 0) is 36.1 Å². The summed E-state index contributed by atoms with van der Waals surface area (Å²) >= 11 is 8.97. The van der Waals surface area contributed by atoms with Crippen LogP contribution < -0.4 is 0 Å². The maximum absolute atomic E-state index is 6.11. The summed E-state index contributed by atoms with van der Waals surface area (Å²) in [5.74, 6) is 0. The summed E-state index contributed by atoms with van der Waals surface area (Å²) in [6.45, 7) is 1.77. The normalized spacial score (nSPS) is 11.4. The van der Waals surface area contributed by atoms with E-state index in [1.54, 1.807) is 18.0 Å². The summed E-state index contributed by atoms with van der Waals surface area (Å²) < 4.78 is 18.2. The van der Waals surface area contributed by atoms with Crippen molar-refractivity contribution in [2.75, 3.05) is 6.26 Å². The predicted molar refractivity (Wildman–Crippen MR) is 151 cm³/mol. The number of halogens is 2. The number of hydrogen-bond acceptors (Lipinski definition) is 5. The summed E-state index contributed by atoms with van der Waals surface area (Å²) in [6, 6.07) is 24.3. The van der Waals surface area contributed by atoms with Crippen LogP contribution in [0.4, 0.5) is 0 Å². The van der Waals surface area contributed by atoms with Crippen molar-refractivity contribution in [2.45, 2.75) is 31.8 Å². The van der Waals surface area contributed by atoms with Gasteiger partial charge in [-0.3, -0.25) is 9.55 Å². The molecule has 0 saturated carbocycles. The Morgan fingerprint density at radius 3 is 2.06 bits per heavy atom. The molecule has 3 aromatic heterocycles. The maximum Gasteiger partial charge on any atom is 0.170 e. The fourth-order valence-electron chi connectivity index (χ4n) is 3.99. The first-order valence-corrected chi connectivity index (χ1v) is 14.1. The second-order valence-electron chi connectivity index (χ2n) is 8.08. The fraction of sp³-hybridized carbons (Fsp3) is 0.185. The molecule has 0 radical (unpaired) electrons. The SMILES string of the molecule is CSc1nc2ccnc(-c3cc(Br)c(Br)n3COCc3ccccc3)c2n1COCc1ccccc1. The van der Waals surface area contributed by atoms with Gasteiger partial charge in [-0.15, -0.1) is 0 Å². The summed E-state index contributed by atoms with van der Waals surface area (Å²) in [4.78, 5) is 9.63. The average Bonchev–Trinajstić information content (AvgIpc) is 3.42. The van der Waals surface area contributed by atoms with E-state index in [0.717, 1.165) is 47.8 Å². The number of pyridine rings is 1. The number of rotatable bonds is 10. The Bertz CT molecular complexity index is 1460. The van der Waals surface area contributed by atoms with Crippen molar-refractivity contribution >= 4 is 54.7 Å². The molecule has 184 valence electrons. The third-order valence-electron chi connectivity index (χ3n) is 5.70. The summed E-state index contributed by atoms with van der Waals surface area (Å²) in [7, 11) is 0. The molecule has 0 bridgehead atoms. The Balaban J connectivity index is 1.47. The molecule has 36 heavy (non-hydrogen) atoms. The molecule has 0 aliphatic carbocycles. The van der Waals surface area contributed by atoms with Crippen LogP contribution in [0.25, 0.3) is 22.4 Å². The number of fused-ring (bicyclic) bond motifs is 1. The van der Waals surface area contributed by atoms with Crippen LogP contribution in [0.1, 0.15) is 11.1 Å². The molecule has 9 heteroatoms. The Morgan fingerprint density at radius 2 is 1.44 bits per heavy atom. The number of hydrogen-bond donors (Lipinski definition) is 0. The van der Waals surface area contributed by atoms with Crippen LogP contribution in [0.15, 0.2) is 93.2 Å². The quantitative estimate of drug-likeness (QED) is 0.150. The summed E-state index contributed by atoms with van der Waals surface area (Å²) in [5.41, 5.74) is 5.79. The number of benzene rings is 2. The first-order valence-electron chi connectivity index (χ1n) is 11.3. The molecule has 0 spiro atoms. The lowest BCUT2D eigenvalue weighted by atomic mass is 10.2. The third-order valence-corrected chi connectivity index (χ3v) is 8.37. The van der Waals surface area contributed by atoms with Crippen LogP contribution in [0.3, 0.4) is 0 Å². The minimum atomic E-state index is 0.364. The minimum Gasteiger partial charge on any atom is -0.356 e. The smallest absolute Gasteiger partial charge is 0.170 e. The van der Waals surface area contributed by atoms with Gasteiger partial charge in [0, 0.05) is 6.20 Å². The molecule has 5 aromatic rings. The van der Waals surface area contributed by atoms with E-state index in [0.29, 0.717) is 26.7 Å². The summed E-state index contributed by atoms with van der Waals surface area (Å²) in [6.07, 6.45) is 3.82. The molecule has 0 unspecified atom stereocenters.